The average Bonchev–Trinajstić information content (AvgIpc) is 3.51. The lowest BCUT2D eigenvalue weighted by Crippen LogP contribution is -2.61. The number of cyclic esters (lactones) is 1. The molecule has 3 aliphatic heterocycles. The highest BCUT2D eigenvalue weighted by molar-refractivity contribution is 5.93. The summed E-state index contributed by atoms with van der Waals surface area (Å²) in [5, 5.41) is 0. The minimum absolute atomic E-state index is 0.0286. The molecule has 3 heterocycles. The van der Waals surface area contributed by atoms with Gasteiger partial charge in [0.15, 0.2) is 17.6 Å². The van der Waals surface area contributed by atoms with Crippen molar-refractivity contribution in [3.05, 3.63) is 41.5 Å². The van der Waals surface area contributed by atoms with Crippen molar-refractivity contribution in [3.8, 4) is 11.5 Å². The molecule has 2 aliphatic carbocycles. The Morgan fingerprint density at radius 2 is 1.74 bits per heavy atom. The molecule has 2 saturated carbocycles. The Morgan fingerprint density at radius 1 is 0.979 bits per heavy atom. The summed E-state index contributed by atoms with van der Waals surface area (Å²) in [7, 11) is 0. The van der Waals surface area contributed by atoms with Gasteiger partial charge in [-0.2, -0.15) is 0 Å². The molecule has 5 aliphatic rings. The zero-order chi connectivity index (χ0) is 33.4. The Balaban J connectivity index is 1.20. The van der Waals surface area contributed by atoms with Crippen LogP contribution in [0.4, 0.5) is 0 Å². The van der Waals surface area contributed by atoms with Crippen molar-refractivity contribution in [2.24, 2.45) is 22.7 Å². The number of benzene rings is 1. The molecule has 1 aromatic rings. The van der Waals surface area contributed by atoms with Crippen LogP contribution in [0.1, 0.15) is 78.2 Å². The highest BCUT2D eigenvalue weighted by atomic mass is 16.7. The first kappa shape index (κ1) is 33.1. The molecule has 0 radical (unpaired) electrons. The van der Waals surface area contributed by atoms with Crippen molar-refractivity contribution >= 4 is 30.0 Å². The van der Waals surface area contributed by atoms with Crippen molar-refractivity contribution in [1.82, 2.24) is 0 Å². The van der Waals surface area contributed by atoms with Gasteiger partial charge in [0.2, 0.25) is 6.79 Å². The Hall–Kier alpha value is -3.86. The van der Waals surface area contributed by atoms with Gasteiger partial charge in [-0.3, -0.25) is 9.59 Å². The molecule has 11 heteroatoms. The molecule has 254 valence electrons. The summed E-state index contributed by atoms with van der Waals surface area (Å²) in [6.45, 7) is 8.77. The maximum atomic E-state index is 12.9. The molecule has 6 rings (SSSR count). The molecule has 0 unspecified atom stereocenters. The maximum absolute atomic E-state index is 12.9. The lowest BCUT2D eigenvalue weighted by Gasteiger charge is -2.61. The second kappa shape index (κ2) is 13.0. The minimum Gasteiger partial charge on any atom is -0.465 e. The second-order valence-corrected chi connectivity index (χ2v) is 13.8. The predicted molar refractivity (Wildman–Crippen MR) is 167 cm³/mol. The molecule has 11 nitrogen and oxygen atoms in total. The summed E-state index contributed by atoms with van der Waals surface area (Å²) >= 11 is 0. The van der Waals surface area contributed by atoms with Crippen LogP contribution in [0, 0.1) is 22.7 Å². The Morgan fingerprint density at radius 3 is 2.49 bits per heavy atom. The van der Waals surface area contributed by atoms with Gasteiger partial charge in [0.1, 0.15) is 19.3 Å². The molecule has 1 aromatic carbocycles. The standard InChI is InChI=1S/C36H44O11/c1-5-30(37)42-19-35(4)27-13-16-36(20-45-36)28(34(27,3)15-14-29(35)47-31(38)6-2)11-9-23-26(18-41-33(23)40)46-32(39)12-8-22-7-10-24-25(17-22)44-21-43-24/h7-10,12,17,26-29H,5-6,11,13-16,18-21H2,1-4H3/b12-8+,23-9+/t26-,27+,28+,29-,34-,35+,36-/m1/s1. The fraction of sp³-hybridized carbons (Fsp3) is 0.611. The van der Waals surface area contributed by atoms with E-state index in [1.54, 1.807) is 38.1 Å². The van der Waals surface area contributed by atoms with Crippen LogP contribution >= 0.6 is 0 Å². The van der Waals surface area contributed by atoms with E-state index in [0.29, 0.717) is 36.5 Å². The highest BCUT2D eigenvalue weighted by Crippen LogP contribution is 2.66. The van der Waals surface area contributed by atoms with E-state index in [0.717, 1.165) is 24.8 Å². The largest absolute Gasteiger partial charge is 0.465 e. The molecule has 47 heavy (non-hydrogen) atoms. The van der Waals surface area contributed by atoms with Gasteiger partial charge in [-0.1, -0.05) is 39.8 Å². The van der Waals surface area contributed by atoms with Crippen LogP contribution in [-0.4, -0.2) is 68.3 Å². The summed E-state index contributed by atoms with van der Waals surface area (Å²) in [5.41, 5.74) is -0.124. The fourth-order valence-electron chi connectivity index (χ4n) is 8.43. The highest BCUT2D eigenvalue weighted by Gasteiger charge is 2.67. The Kier molecular flexibility index (Phi) is 9.13. The number of esters is 4. The van der Waals surface area contributed by atoms with Gasteiger partial charge in [-0.25, -0.2) is 9.59 Å². The molecule has 2 saturated heterocycles. The third kappa shape index (κ3) is 6.38. The number of carbonyl (C=O) groups excluding carboxylic acids is 4. The van der Waals surface area contributed by atoms with E-state index in [4.69, 9.17) is 33.2 Å². The monoisotopic (exact) mass is 652 g/mol. The van der Waals surface area contributed by atoms with E-state index in [1.807, 2.05) is 6.08 Å². The van der Waals surface area contributed by atoms with E-state index < -0.39 is 23.5 Å². The number of hydrogen-bond acceptors (Lipinski definition) is 11. The topological polar surface area (TPSA) is 136 Å². The smallest absolute Gasteiger partial charge is 0.337 e. The average molecular weight is 653 g/mol. The summed E-state index contributed by atoms with van der Waals surface area (Å²) in [6, 6.07) is 5.35. The van der Waals surface area contributed by atoms with Gasteiger partial charge in [0.05, 0.1) is 17.8 Å². The summed E-state index contributed by atoms with van der Waals surface area (Å²) in [4.78, 5) is 50.4. The maximum Gasteiger partial charge on any atom is 0.337 e. The van der Waals surface area contributed by atoms with Gasteiger partial charge < -0.3 is 33.2 Å². The molecule has 7 atom stereocenters. The number of epoxide rings is 1. The van der Waals surface area contributed by atoms with Gasteiger partial charge in [0.25, 0.3) is 0 Å². The molecular formula is C36H44O11. The van der Waals surface area contributed by atoms with Crippen molar-refractivity contribution in [2.45, 2.75) is 90.4 Å². The molecule has 0 aromatic heterocycles. The van der Waals surface area contributed by atoms with Crippen LogP contribution in [-0.2, 0) is 42.9 Å². The van der Waals surface area contributed by atoms with Gasteiger partial charge in [0, 0.05) is 24.3 Å². The molecular weight excluding hydrogens is 608 g/mol. The van der Waals surface area contributed by atoms with E-state index >= 15 is 0 Å². The summed E-state index contributed by atoms with van der Waals surface area (Å²) in [6.07, 6.45) is 7.67. The SMILES string of the molecule is CCC(=O)OC[C@@]1(C)[C@H]2CC[C@@]3(CO3)[C@@H](C/C=C3/C(=O)OC[C@H]3OC(=O)/C=C/c3ccc4c(c3)OCO4)[C@]2(C)CC[C@H]1OC(=O)CC. The number of carbonyl (C=O) groups is 4. The first-order valence-corrected chi connectivity index (χ1v) is 16.7. The van der Waals surface area contributed by atoms with Gasteiger partial charge in [-0.05, 0) is 73.1 Å². The van der Waals surface area contributed by atoms with Crippen molar-refractivity contribution in [3.63, 3.8) is 0 Å². The molecule has 0 bridgehead atoms. The summed E-state index contributed by atoms with van der Waals surface area (Å²) in [5.74, 6) is -0.309. The van der Waals surface area contributed by atoms with Crippen molar-refractivity contribution in [2.75, 3.05) is 26.6 Å². The third-order valence-electron chi connectivity index (χ3n) is 11.1. The van der Waals surface area contributed by atoms with Crippen molar-refractivity contribution in [1.29, 1.82) is 0 Å². The predicted octanol–water partition coefficient (Wildman–Crippen LogP) is 5.09. The minimum atomic E-state index is -0.831. The van der Waals surface area contributed by atoms with E-state index in [9.17, 15) is 19.2 Å². The van der Waals surface area contributed by atoms with Crippen LogP contribution < -0.4 is 9.47 Å². The Labute approximate surface area is 274 Å². The zero-order valence-electron chi connectivity index (χ0n) is 27.5. The number of hydrogen-bond donors (Lipinski definition) is 0. The third-order valence-corrected chi connectivity index (χ3v) is 11.1. The number of fused-ring (bicyclic) bond motifs is 2. The van der Waals surface area contributed by atoms with Crippen LogP contribution in [0.3, 0.4) is 0 Å². The van der Waals surface area contributed by atoms with Crippen LogP contribution in [0.5, 0.6) is 11.5 Å². The van der Waals surface area contributed by atoms with Gasteiger partial charge >= 0.3 is 23.9 Å². The number of rotatable bonds is 10. The molecule has 0 N–H and O–H groups in total. The second-order valence-electron chi connectivity index (χ2n) is 13.8. The first-order chi connectivity index (χ1) is 22.5. The zero-order valence-corrected chi connectivity index (χ0v) is 27.5. The van der Waals surface area contributed by atoms with Crippen LogP contribution in [0.25, 0.3) is 6.08 Å². The quantitative estimate of drug-likeness (QED) is 0.145. The molecule has 4 fully saturated rings. The number of allylic oxidation sites excluding steroid dienone is 1. The van der Waals surface area contributed by atoms with E-state index in [-0.39, 0.29) is 73.7 Å². The van der Waals surface area contributed by atoms with Crippen LogP contribution in [0.15, 0.2) is 35.9 Å². The lowest BCUT2D eigenvalue weighted by atomic mass is 9.45. The summed E-state index contributed by atoms with van der Waals surface area (Å²) < 4.78 is 39.6. The van der Waals surface area contributed by atoms with Crippen LogP contribution in [0.2, 0.25) is 0 Å². The van der Waals surface area contributed by atoms with Gasteiger partial charge in [-0.15, -0.1) is 0 Å². The molecule has 1 spiro atoms. The number of ether oxygens (including phenoxy) is 7. The fourth-order valence-corrected chi connectivity index (χ4v) is 8.43. The van der Waals surface area contributed by atoms with E-state index in [2.05, 4.69) is 13.8 Å². The normalized spacial score (nSPS) is 34.6. The lowest BCUT2D eigenvalue weighted by molar-refractivity contribution is -0.203. The Bertz CT molecular complexity index is 1470. The first-order valence-electron chi connectivity index (χ1n) is 16.7. The molecule has 0 amide bonds. The van der Waals surface area contributed by atoms with E-state index in [1.165, 1.54) is 6.08 Å². The van der Waals surface area contributed by atoms with Crippen molar-refractivity contribution < 1.29 is 52.3 Å².